The number of aryl methyl sites for hydroxylation is 2. The second-order valence-electron chi connectivity index (χ2n) is 4.79. The third-order valence-corrected chi connectivity index (χ3v) is 2.93. The van der Waals surface area contributed by atoms with Crippen LogP contribution in [0.25, 0.3) is 0 Å². The summed E-state index contributed by atoms with van der Waals surface area (Å²) >= 11 is 0. The number of nitrogens with one attached hydrogen (secondary N) is 3. The molecular weight excluding hydrogens is 306 g/mol. The minimum Gasteiger partial charge on any atom is -0.354 e. The number of hydrogen-bond acceptors (Lipinski definition) is 7. The molecule has 0 fully saturated rings. The molecule has 0 unspecified atom stereocenters. The van der Waals surface area contributed by atoms with Gasteiger partial charge in [0.15, 0.2) is 11.5 Å². The third kappa shape index (κ3) is 5.24. The summed E-state index contributed by atoms with van der Waals surface area (Å²) in [6.07, 6.45) is 0. The van der Waals surface area contributed by atoms with Crippen molar-refractivity contribution < 1.29 is 9.07 Å². The predicted octanol–water partition coefficient (Wildman–Crippen LogP) is 2.47. The van der Waals surface area contributed by atoms with Crippen molar-refractivity contribution in [3.63, 3.8) is 0 Å². The number of carbonyl (C=O) groups excluding carboxylic acids is 1. The normalized spacial score (nSPS) is 9.75. The number of rotatable bonds is 5. The van der Waals surface area contributed by atoms with E-state index < -0.39 is 0 Å². The van der Waals surface area contributed by atoms with Crippen LogP contribution in [-0.2, 0) is 6.54 Å². The summed E-state index contributed by atoms with van der Waals surface area (Å²) in [7, 11) is 3.42. The molecule has 0 radical (unpaired) electrons. The first-order chi connectivity index (χ1) is 11.5. The largest absolute Gasteiger partial charge is 0.354 e. The SMILES string of the molecule is CC.CNCc1cc(Nc2cc(C)c(C(=O)NC)nn2)nc(C)n1.[HH].[HH].[HH]. The van der Waals surface area contributed by atoms with Crippen LogP contribution in [0.4, 0.5) is 11.6 Å². The molecule has 0 saturated heterocycles. The molecule has 0 bridgehead atoms. The standard InChI is InChI=1S/C14H19N7O.C2H6.3H2/c1-8-5-12(20-21-13(8)14(22)16-4)19-11-6-10(7-15-3)17-9(2)18-11;1-2;;;/h5-6,15H,7H2,1-4H3,(H,16,22)(H,17,18,19,20);1-2H3;3*1H. The Bertz CT molecular complexity index is 702. The van der Waals surface area contributed by atoms with Gasteiger partial charge in [0.1, 0.15) is 11.6 Å². The quantitative estimate of drug-likeness (QED) is 0.769. The molecule has 0 atom stereocenters. The Kier molecular flexibility index (Phi) is 7.70. The van der Waals surface area contributed by atoms with Crippen LogP contribution in [-0.4, -0.2) is 40.2 Å². The van der Waals surface area contributed by atoms with E-state index in [1.54, 1.807) is 13.1 Å². The second kappa shape index (κ2) is 9.51. The Morgan fingerprint density at radius 1 is 1.08 bits per heavy atom. The lowest BCUT2D eigenvalue weighted by Gasteiger charge is -2.09. The Morgan fingerprint density at radius 3 is 2.38 bits per heavy atom. The maximum absolute atomic E-state index is 11.6. The van der Waals surface area contributed by atoms with Crippen LogP contribution in [0.1, 0.15) is 45.7 Å². The van der Waals surface area contributed by atoms with Crippen molar-refractivity contribution >= 4 is 17.5 Å². The van der Waals surface area contributed by atoms with E-state index in [1.165, 1.54) is 0 Å². The molecule has 0 aliphatic carbocycles. The van der Waals surface area contributed by atoms with Gasteiger partial charge in [0.05, 0.1) is 5.69 Å². The van der Waals surface area contributed by atoms with E-state index in [-0.39, 0.29) is 10.2 Å². The number of hydrogen-bond donors (Lipinski definition) is 3. The monoisotopic (exact) mass is 337 g/mol. The molecule has 8 heteroatoms. The van der Waals surface area contributed by atoms with Crippen molar-refractivity contribution in [2.45, 2.75) is 34.2 Å². The van der Waals surface area contributed by atoms with Crippen LogP contribution in [0, 0.1) is 13.8 Å². The maximum Gasteiger partial charge on any atom is 0.271 e. The summed E-state index contributed by atoms with van der Waals surface area (Å²) in [5.41, 5.74) is 1.92. The fraction of sp³-hybridized carbons (Fsp3) is 0.438. The van der Waals surface area contributed by atoms with E-state index in [2.05, 4.69) is 36.1 Å². The Balaban J connectivity index is -0.00000111. The first-order valence-electron chi connectivity index (χ1n) is 7.86. The van der Waals surface area contributed by atoms with Gasteiger partial charge in [0.25, 0.3) is 5.91 Å². The first kappa shape index (κ1) is 19.4. The van der Waals surface area contributed by atoms with Gasteiger partial charge in [0, 0.05) is 23.9 Å². The molecule has 2 aromatic heterocycles. The number of aromatic nitrogens is 4. The highest BCUT2D eigenvalue weighted by atomic mass is 16.1. The molecule has 2 rings (SSSR count). The zero-order valence-corrected chi connectivity index (χ0v) is 15.1. The molecule has 8 nitrogen and oxygen atoms in total. The van der Waals surface area contributed by atoms with Gasteiger partial charge >= 0.3 is 0 Å². The highest BCUT2D eigenvalue weighted by Gasteiger charge is 2.11. The lowest BCUT2D eigenvalue weighted by atomic mass is 10.2. The molecule has 1 amide bonds. The molecule has 0 spiro atoms. The predicted molar refractivity (Wildman–Crippen MR) is 101 cm³/mol. The topological polar surface area (TPSA) is 105 Å². The van der Waals surface area contributed by atoms with E-state index in [9.17, 15) is 4.79 Å². The van der Waals surface area contributed by atoms with Crippen LogP contribution < -0.4 is 16.0 Å². The average molecular weight is 337 g/mol. The van der Waals surface area contributed by atoms with Gasteiger partial charge in [-0.1, -0.05) is 13.8 Å². The van der Waals surface area contributed by atoms with Gasteiger partial charge in [-0.05, 0) is 32.5 Å². The fourth-order valence-electron chi connectivity index (χ4n) is 1.99. The molecule has 0 aliphatic rings. The molecular formula is C16H31N7O. The summed E-state index contributed by atoms with van der Waals surface area (Å²) in [5.74, 6) is 1.57. The van der Waals surface area contributed by atoms with E-state index >= 15 is 0 Å². The summed E-state index contributed by atoms with van der Waals surface area (Å²) in [4.78, 5) is 20.2. The number of amides is 1. The van der Waals surface area contributed by atoms with Crippen molar-refractivity contribution in [1.29, 1.82) is 0 Å². The van der Waals surface area contributed by atoms with Crippen LogP contribution in [0.15, 0.2) is 12.1 Å². The summed E-state index contributed by atoms with van der Waals surface area (Å²) < 4.78 is 0. The van der Waals surface area contributed by atoms with E-state index in [0.29, 0.717) is 29.7 Å². The smallest absolute Gasteiger partial charge is 0.271 e. The Hall–Kier alpha value is -2.61. The minimum atomic E-state index is -0.259. The fourth-order valence-corrected chi connectivity index (χ4v) is 1.99. The van der Waals surface area contributed by atoms with Crippen molar-refractivity contribution in [3.8, 4) is 0 Å². The zero-order valence-electron chi connectivity index (χ0n) is 15.1. The minimum absolute atomic E-state index is 0. The van der Waals surface area contributed by atoms with Crippen LogP contribution >= 0.6 is 0 Å². The first-order valence-corrected chi connectivity index (χ1v) is 7.86. The number of nitrogens with zero attached hydrogens (tertiary/aromatic N) is 4. The van der Waals surface area contributed by atoms with E-state index in [4.69, 9.17) is 0 Å². The van der Waals surface area contributed by atoms with Crippen molar-refractivity contribution in [2.24, 2.45) is 0 Å². The van der Waals surface area contributed by atoms with Gasteiger partial charge in [-0.25, -0.2) is 9.97 Å². The maximum atomic E-state index is 11.6. The van der Waals surface area contributed by atoms with Gasteiger partial charge in [0.2, 0.25) is 0 Å². The molecule has 2 aromatic rings. The number of anilines is 2. The Morgan fingerprint density at radius 2 is 1.79 bits per heavy atom. The van der Waals surface area contributed by atoms with Crippen LogP contribution in [0.3, 0.4) is 0 Å². The Labute approximate surface area is 147 Å². The molecule has 0 saturated carbocycles. The van der Waals surface area contributed by atoms with Crippen molar-refractivity contribution in [1.82, 2.24) is 30.8 Å². The molecule has 0 aliphatic heterocycles. The van der Waals surface area contributed by atoms with Crippen LogP contribution in [0.2, 0.25) is 0 Å². The molecule has 24 heavy (non-hydrogen) atoms. The third-order valence-electron chi connectivity index (χ3n) is 2.93. The summed E-state index contributed by atoms with van der Waals surface area (Å²) in [6.45, 7) is 8.29. The molecule has 2 heterocycles. The van der Waals surface area contributed by atoms with Gasteiger partial charge in [-0.3, -0.25) is 4.79 Å². The number of carbonyl (C=O) groups is 1. The zero-order chi connectivity index (χ0) is 18.1. The second-order valence-corrected chi connectivity index (χ2v) is 4.79. The van der Waals surface area contributed by atoms with Gasteiger partial charge < -0.3 is 16.0 Å². The molecule has 3 N–H and O–H groups in total. The van der Waals surface area contributed by atoms with Crippen molar-refractivity contribution in [2.75, 3.05) is 19.4 Å². The van der Waals surface area contributed by atoms with E-state index in [0.717, 1.165) is 11.3 Å². The van der Waals surface area contributed by atoms with Crippen LogP contribution in [0.5, 0.6) is 0 Å². The van der Waals surface area contributed by atoms with Gasteiger partial charge in [-0.15, -0.1) is 10.2 Å². The van der Waals surface area contributed by atoms with E-state index in [1.807, 2.05) is 40.8 Å². The highest BCUT2D eigenvalue weighted by molar-refractivity contribution is 5.93. The summed E-state index contributed by atoms with van der Waals surface area (Å²) in [6, 6.07) is 3.60. The highest BCUT2D eigenvalue weighted by Crippen LogP contribution is 2.15. The molecule has 0 aromatic carbocycles. The lowest BCUT2D eigenvalue weighted by Crippen LogP contribution is -2.21. The molecule has 136 valence electrons. The summed E-state index contributed by atoms with van der Waals surface area (Å²) in [5, 5.41) is 16.6. The lowest BCUT2D eigenvalue weighted by molar-refractivity contribution is 0.0956. The van der Waals surface area contributed by atoms with Gasteiger partial charge in [-0.2, -0.15) is 0 Å². The average Bonchev–Trinajstić information content (AvgIpc) is 2.56. The van der Waals surface area contributed by atoms with Crippen molar-refractivity contribution in [3.05, 3.63) is 34.9 Å².